The summed E-state index contributed by atoms with van der Waals surface area (Å²) in [5.74, 6) is 0. The maximum atomic E-state index is 12.7. The fraction of sp³-hybridized carbons (Fsp3) is 0.154. The van der Waals surface area contributed by atoms with Gasteiger partial charge >= 0.3 is 6.18 Å². The lowest BCUT2D eigenvalue weighted by Gasteiger charge is -2.09. The van der Waals surface area contributed by atoms with Gasteiger partial charge in [0.25, 0.3) is 0 Å². The molecule has 0 saturated heterocycles. The number of hydrogen-bond acceptors (Lipinski definition) is 2. The molecule has 0 saturated carbocycles. The minimum absolute atomic E-state index is 0.310. The Hall–Kier alpha value is -1.56. The quantitative estimate of drug-likeness (QED) is 0.748. The highest BCUT2D eigenvalue weighted by atomic mass is 79.9. The highest BCUT2D eigenvalue weighted by molar-refractivity contribution is 9.10. The first-order valence-electron chi connectivity index (χ1n) is 5.28. The zero-order chi connectivity index (χ0) is 14.0. The van der Waals surface area contributed by atoms with Crippen LogP contribution in [0.15, 0.2) is 35.0 Å². The van der Waals surface area contributed by atoms with Crippen LogP contribution in [0, 0.1) is 0 Å². The van der Waals surface area contributed by atoms with Gasteiger partial charge in [-0.2, -0.15) is 13.2 Å². The molecule has 6 heteroatoms. The smallest absolute Gasteiger partial charge is 0.416 e. The molecule has 0 aliphatic heterocycles. The van der Waals surface area contributed by atoms with Gasteiger partial charge in [-0.25, -0.2) is 4.98 Å². The van der Waals surface area contributed by atoms with E-state index in [1.165, 1.54) is 13.4 Å². The summed E-state index contributed by atoms with van der Waals surface area (Å²) in [6.45, 7) is 0. The molecule has 1 aromatic heterocycles. The van der Waals surface area contributed by atoms with Crippen LogP contribution >= 0.6 is 15.9 Å². The van der Waals surface area contributed by atoms with Crippen molar-refractivity contribution in [1.82, 2.24) is 4.98 Å². The molecule has 0 fully saturated rings. The van der Waals surface area contributed by atoms with Crippen molar-refractivity contribution >= 4 is 32.9 Å². The number of alkyl halides is 3. The highest BCUT2D eigenvalue weighted by Crippen LogP contribution is 2.34. The molecule has 0 spiro atoms. The third-order valence-corrected chi connectivity index (χ3v) is 3.07. The topological polar surface area (TPSA) is 22.1 Å². The van der Waals surface area contributed by atoms with Crippen molar-refractivity contribution in [3.05, 3.63) is 46.3 Å². The molecule has 0 atom stereocenters. The lowest BCUT2D eigenvalue weighted by molar-refractivity contribution is -0.137. The first kappa shape index (κ1) is 13.9. The predicted octanol–water partition coefficient (Wildman–Crippen LogP) is 4.63. The van der Waals surface area contributed by atoms with Crippen LogP contribution in [0.2, 0.25) is 0 Å². The van der Waals surface area contributed by atoms with E-state index in [-0.39, 0.29) is 0 Å². The summed E-state index contributed by atoms with van der Waals surface area (Å²) in [4.78, 5) is 4.25. The maximum Gasteiger partial charge on any atom is 0.416 e. The van der Waals surface area contributed by atoms with Crippen LogP contribution in [0.25, 0.3) is 17.0 Å². The van der Waals surface area contributed by atoms with Crippen molar-refractivity contribution in [2.24, 2.45) is 0 Å². The van der Waals surface area contributed by atoms with E-state index in [0.717, 1.165) is 12.1 Å². The van der Waals surface area contributed by atoms with Crippen molar-refractivity contribution in [1.29, 1.82) is 0 Å². The molecular formula is C13H9BrF3NO. The van der Waals surface area contributed by atoms with E-state index in [1.807, 2.05) is 0 Å². The first-order chi connectivity index (χ1) is 8.91. The molecule has 0 aliphatic carbocycles. The Labute approximate surface area is 116 Å². The van der Waals surface area contributed by atoms with E-state index in [2.05, 4.69) is 20.9 Å². The van der Waals surface area contributed by atoms with Gasteiger partial charge in [0.2, 0.25) is 0 Å². The van der Waals surface area contributed by atoms with E-state index in [4.69, 9.17) is 4.74 Å². The second-order valence-electron chi connectivity index (χ2n) is 3.80. The predicted molar refractivity (Wildman–Crippen MR) is 70.5 cm³/mol. The minimum Gasteiger partial charge on any atom is -0.504 e. The number of aromatic nitrogens is 1. The summed E-state index contributed by atoms with van der Waals surface area (Å²) in [6, 6.07) is 5.33. The molecule has 0 aliphatic rings. The number of methoxy groups -OCH3 is 1. The number of rotatable bonds is 2. The van der Waals surface area contributed by atoms with Gasteiger partial charge in [0.15, 0.2) is 0 Å². The normalized spacial score (nSPS) is 12.3. The Morgan fingerprint density at radius 3 is 2.63 bits per heavy atom. The summed E-state index contributed by atoms with van der Waals surface area (Å²) < 4.78 is 43.1. The summed E-state index contributed by atoms with van der Waals surface area (Å²) in [5, 5.41) is 0.427. The van der Waals surface area contributed by atoms with Crippen LogP contribution in [-0.2, 0) is 10.9 Å². The number of halogens is 4. The molecule has 1 aromatic carbocycles. The standard InChI is InChI=1S/C13H9BrF3NO/c1-19-5-4-10-3-2-8-6-9(13(15,16)17)7-11(14)12(8)18-10/h2-7H,1H3. The van der Waals surface area contributed by atoms with E-state index in [1.54, 1.807) is 18.2 Å². The third kappa shape index (κ3) is 3.07. The van der Waals surface area contributed by atoms with Gasteiger partial charge in [-0.3, -0.25) is 0 Å². The van der Waals surface area contributed by atoms with E-state index < -0.39 is 11.7 Å². The Kier molecular flexibility index (Phi) is 3.80. The maximum absolute atomic E-state index is 12.7. The van der Waals surface area contributed by atoms with Gasteiger partial charge in [0.05, 0.1) is 30.1 Å². The Morgan fingerprint density at radius 1 is 1.26 bits per heavy atom. The van der Waals surface area contributed by atoms with Crippen LogP contribution in [0.4, 0.5) is 13.2 Å². The number of benzene rings is 1. The molecule has 100 valence electrons. The first-order valence-corrected chi connectivity index (χ1v) is 6.08. The zero-order valence-electron chi connectivity index (χ0n) is 9.83. The fourth-order valence-electron chi connectivity index (χ4n) is 1.60. The van der Waals surface area contributed by atoms with Crippen LogP contribution < -0.4 is 0 Å². The van der Waals surface area contributed by atoms with E-state index >= 15 is 0 Å². The van der Waals surface area contributed by atoms with Gasteiger partial charge in [-0.1, -0.05) is 6.07 Å². The number of fused-ring (bicyclic) bond motifs is 1. The summed E-state index contributed by atoms with van der Waals surface area (Å²) in [5.41, 5.74) is 0.384. The third-order valence-electron chi connectivity index (χ3n) is 2.47. The molecule has 19 heavy (non-hydrogen) atoms. The van der Waals surface area contributed by atoms with Gasteiger partial charge in [-0.15, -0.1) is 0 Å². The van der Waals surface area contributed by atoms with Crippen molar-refractivity contribution in [2.75, 3.05) is 7.11 Å². The Balaban J connectivity index is 2.57. The molecular weight excluding hydrogens is 323 g/mol. The van der Waals surface area contributed by atoms with Gasteiger partial charge < -0.3 is 4.74 Å². The second kappa shape index (κ2) is 5.21. The van der Waals surface area contributed by atoms with Gasteiger partial charge in [0.1, 0.15) is 0 Å². The largest absolute Gasteiger partial charge is 0.504 e. The van der Waals surface area contributed by atoms with Crippen molar-refractivity contribution in [3.8, 4) is 0 Å². The fourth-order valence-corrected chi connectivity index (χ4v) is 2.17. The summed E-state index contributed by atoms with van der Waals surface area (Å²) in [6.07, 6.45) is -1.29. The van der Waals surface area contributed by atoms with E-state index in [0.29, 0.717) is 21.1 Å². The number of nitrogens with zero attached hydrogens (tertiary/aromatic N) is 1. The van der Waals surface area contributed by atoms with Crippen molar-refractivity contribution in [3.63, 3.8) is 0 Å². The van der Waals surface area contributed by atoms with Gasteiger partial charge in [0, 0.05) is 9.86 Å². The number of hydrogen-bond donors (Lipinski definition) is 0. The molecule has 0 N–H and O–H groups in total. The SMILES string of the molecule is COC=Cc1ccc2cc(C(F)(F)F)cc(Br)c2n1. The molecule has 0 amide bonds. The van der Waals surface area contributed by atoms with Crippen LogP contribution in [0.5, 0.6) is 0 Å². The molecule has 2 nitrogen and oxygen atoms in total. The Bertz CT molecular complexity index is 638. The number of ether oxygens (including phenoxy) is 1. The van der Waals surface area contributed by atoms with E-state index in [9.17, 15) is 13.2 Å². The average Bonchev–Trinajstić information content (AvgIpc) is 2.35. The van der Waals surface area contributed by atoms with Crippen molar-refractivity contribution < 1.29 is 17.9 Å². The van der Waals surface area contributed by atoms with Crippen molar-refractivity contribution in [2.45, 2.75) is 6.18 Å². The Morgan fingerprint density at radius 2 is 2.00 bits per heavy atom. The molecule has 0 unspecified atom stereocenters. The van der Waals surface area contributed by atoms with Crippen LogP contribution in [0.1, 0.15) is 11.3 Å². The second-order valence-corrected chi connectivity index (χ2v) is 4.66. The monoisotopic (exact) mass is 331 g/mol. The summed E-state index contributed by atoms with van der Waals surface area (Å²) in [7, 11) is 1.50. The molecule has 0 radical (unpaired) electrons. The number of pyridine rings is 1. The molecule has 1 heterocycles. The van der Waals surface area contributed by atoms with Crippen LogP contribution in [0.3, 0.4) is 0 Å². The molecule has 0 bridgehead atoms. The minimum atomic E-state index is -4.37. The summed E-state index contributed by atoms with van der Waals surface area (Å²) >= 11 is 3.12. The zero-order valence-corrected chi connectivity index (χ0v) is 11.4. The van der Waals surface area contributed by atoms with Gasteiger partial charge in [-0.05, 0) is 40.2 Å². The average molecular weight is 332 g/mol. The highest BCUT2D eigenvalue weighted by Gasteiger charge is 2.31. The van der Waals surface area contributed by atoms with Crippen LogP contribution in [-0.4, -0.2) is 12.1 Å². The molecule has 2 rings (SSSR count). The lowest BCUT2D eigenvalue weighted by Crippen LogP contribution is -2.05. The lowest BCUT2D eigenvalue weighted by atomic mass is 10.1. The molecule has 2 aromatic rings.